The molecular formula is C16H15F2NO3. The highest BCUT2D eigenvalue weighted by atomic mass is 19.1. The largest absolute Gasteiger partial charge is 0.489 e. The summed E-state index contributed by atoms with van der Waals surface area (Å²) in [6.45, 7) is 0.00307. The number of hydrogen-bond acceptors (Lipinski definition) is 3. The zero-order chi connectivity index (χ0) is 15.9. The number of carbonyl (C=O) groups excluding carboxylic acids is 1. The summed E-state index contributed by atoms with van der Waals surface area (Å²) in [5.74, 6) is -1.39. The Balaban J connectivity index is 1.99. The van der Waals surface area contributed by atoms with Gasteiger partial charge in [0.2, 0.25) is 0 Å². The molecule has 0 aromatic heterocycles. The van der Waals surface area contributed by atoms with Gasteiger partial charge in [-0.05, 0) is 29.8 Å². The van der Waals surface area contributed by atoms with Gasteiger partial charge in [0.1, 0.15) is 24.0 Å². The summed E-state index contributed by atoms with van der Waals surface area (Å²) in [6.07, 6.45) is 0. The fraction of sp³-hybridized carbons (Fsp3) is 0.188. The van der Waals surface area contributed by atoms with Gasteiger partial charge in [0.05, 0.1) is 12.2 Å². The first-order chi connectivity index (χ1) is 10.6. The minimum atomic E-state index is -0.716. The van der Waals surface area contributed by atoms with Gasteiger partial charge in [0, 0.05) is 12.6 Å². The first kappa shape index (κ1) is 15.9. The molecule has 0 aliphatic heterocycles. The number of carbonyl (C=O) groups is 1. The van der Waals surface area contributed by atoms with Crippen LogP contribution < -0.4 is 10.1 Å². The van der Waals surface area contributed by atoms with Crippen LogP contribution in [0.3, 0.4) is 0 Å². The second-order valence-corrected chi connectivity index (χ2v) is 4.54. The molecule has 0 fully saturated rings. The first-order valence-electron chi connectivity index (χ1n) is 6.66. The van der Waals surface area contributed by atoms with Crippen LogP contribution in [0.1, 0.15) is 15.9 Å². The number of hydrogen-bond donors (Lipinski definition) is 2. The van der Waals surface area contributed by atoms with E-state index in [1.54, 1.807) is 12.1 Å². The van der Waals surface area contributed by atoms with E-state index in [9.17, 15) is 13.6 Å². The Morgan fingerprint density at radius 1 is 1.14 bits per heavy atom. The van der Waals surface area contributed by atoms with Gasteiger partial charge in [-0.1, -0.05) is 12.1 Å². The van der Waals surface area contributed by atoms with E-state index in [0.29, 0.717) is 0 Å². The standard InChI is InChI=1S/C16H15F2NO3/c17-12-3-1-11(2-4-12)10-22-13-5-6-14(15(18)9-13)16(21)19-7-8-20/h1-6,9,20H,7-8,10H2,(H,19,21). The van der Waals surface area contributed by atoms with E-state index in [-0.39, 0.29) is 36.9 Å². The Bertz CT molecular complexity index is 644. The van der Waals surface area contributed by atoms with Crippen LogP contribution in [0, 0.1) is 11.6 Å². The van der Waals surface area contributed by atoms with Crippen LogP contribution in [-0.2, 0) is 6.61 Å². The van der Waals surface area contributed by atoms with Crippen molar-refractivity contribution in [2.75, 3.05) is 13.2 Å². The maximum Gasteiger partial charge on any atom is 0.254 e. The van der Waals surface area contributed by atoms with Gasteiger partial charge in [0.25, 0.3) is 5.91 Å². The fourth-order valence-electron chi connectivity index (χ4n) is 1.78. The lowest BCUT2D eigenvalue weighted by molar-refractivity contribution is 0.0940. The topological polar surface area (TPSA) is 58.6 Å². The van der Waals surface area contributed by atoms with Crippen molar-refractivity contribution in [1.29, 1.82) is 0 Å². The number of aliphatic hydroxyl groups excluding tert-OH is 1. The van der Waals surface area contributed by atoms with Crippen LogP contribution in [0.4, 0.5) is 8.78 Å². The lowest BCUT2D eigenvalue weighted by atomic mass is 10.2. The minimum absolute atomic E-state index is 0.0566. The smallest absolute Gasteiger partial charge is 0.254 e. The van der Waals surface area contributed by atoms with Crippen LogP contribution in [0.5, 0.6) is 5.75 Å². The second kappa shape index (κ2) is 7.51. The number of rotatable bonds is 6. The quantitative estimate of drug-likeness (QED) is 0.860. The molecule has 1 amide bonds. The number of nitrogens with one attached hydrogen (secondary N) is 1. The fourth-order valence-corrected chi connectivity index (χ4v) is 1.78. The highest BCUT2D eigenvalue weighted by molar-refractivity contribution is 5.94. The van der Waals surface area contributed by atoms with Crippen LogP contribution in [0.2, 0.25) is 0 Å². The van der Waals surface area contributed by atoms with Gasteiger partial charge in [0.15, 0.2) is 0 Å². The SMILES string of the molecule is O=C(NCCO)c1ccc(OCc2ccc(F)cc2)cc1F. The summed E-state index contributed by atoms with van der Waals surface area (Å²) in [4.78, 5) is 11.6. The molecule has 0 aliphatic rings. The number of benzene rings is 2. The normalized spacial score (nSPS) is 10.3. The lowest BCUT2D eigenvalue weighted by Crippen LogP contribution is -2.27. The molecule has 6 heteroatoms. The molecule has 22 heavy (non-hydrogen) atoms. The Morgan fingerprint density at radius 3 is 2.50 bits per heavy atom. The van der Waals surface area contributed by atoms with Gasteiger partial charge in [-0.25, -0.2) is 8.78 Å². The molecule has 2 N–H and O–H groups in total. The molecule has 0 spiro atoms. The Kier molecular flexibility index (Phi) is 5.43. The molecule has 4 nitrogen and oxygen atoms in total. The van der Waals surface area contributed by atoms with E-state index in [1.165, 1.54) is 24.3 Å². The third kappa shape index (κ3) is 4.26. The van der Waals surface area contributed by atoms with Crippen molar-refractivity contribution >= 4 is 5.91 Å². The molecule has 116 valence electrons. The highest BCUT2D eigenvalue weighted by Crippen LogP contribution is 2.18. The number of halogens is 2. The maximum atomic E-state index is 13.9. The summed E-state index contributed by atoms with van der Waals surface area (Å²) in [7, 11) is 0. The molecule has 0 heterocycles. The van der Waals surface area contributed by atoms with E-state index >= 15 is 0 Å². The minimum Gasteiger partial charge on any atom is -0.489 e. The highest BCUT2D eigenvalue weighted by Gasteiger charge is 2.12. The van der Waals surface area contributed by atoms with Gasteiger partial charge in [-0.15, -0.1) is 0 Å². The molecule has 0 radical (unpaired) electrons. The zero-order valence-corrected chi connectivity index (χ0v) is 11.7. The van der Waals surface area contributed by atoms with Crippen molar-refractivity contribution in [3.05, 3.63) is 65.2 Å². The van der Waals surface area contributed by atoms with Gasteiger partial charge < -0.3 is 15.2 Å². The van der Waals surface area contributed by atoms with E-state index < -0.39 is 11.7 Å². The Hall–Kier alpha value is -2.47. The molecule has 0 atom stereocenters. The Morgan fingerprint density at radius 2 is 1.86 bits per heavy atom. The third-order valence-electron chi connectivity index (χ3n) is 2.90. The number of aliphatic hydroxyl groups is 1. The lowest BCUT2D eigenvalue weighted by Gasteiger charge is -2.09. The molecule has 0 unspecified atom stereocenters. The predicted molar refractivity (Wildman–Crippen MR) is 76.6 cm³/mol. The van der Waals surface area contributed by atoms with Crippen LogP contribution >= 0.6 is 0 Å². The van der Waals surface area contributed by atoms with Crippen molar-refractivity contribution in [1.82, 2.24) is 5.32 Å². The molecule has 0 saturated carbocycles. The predicted octanol–water partition coefficient (Wildman–Crippen LogP) is 2.27. The van der Waals surface area contributed by atoms with Crippen molar-refractivity contribution in [2.45, 2.75) is 6.61 Å². The average Bonchev–Trinajstić information content (AvgIpc) is 2.52. The first-order valence-corrected chi connectivity index (χ1v) is 6.66. The molecule has 0 bridgehead atoms. The zero-order valence-electron chi connectivity index (χ0n) is 11.7. The van der Waals surface area contributed by atoms with Gasteiger partial charge in [-0.2, -0.15) is 0 Å². The maximum absolute atomic E-state index is 13.9. The molecule has 0 saturated heterocycles. The number of ether oxygens (including phenoxy) is 1. The summed E-state index contributed by atoms with van der Waals surface area (Å²) < 4.78 is 32.0. The molecule has 0 aliphatic carbocycles. The van der Waals surface area contributed by atoms with Crippen LogP contribution in [0.25, 0.3) is 0 Å². The van der Waals surface area contributed by atoms with Crippen LogP contribution in [0.15, 0.2) is 42.5 Å². The van der Waals surface area contributed by atoms with Crippen LogP contribution in [-0.4, -0.2) is 24.2 Å². The summed E-state index contributed by atoms with van der Waals surface area (Å²) >= 11 is 0. The third-order valence-corrected chi connectivity index (χ3v) is 2.90. The number of amides is 1. The summed E-state index contributed by atoms with van der Waals surface area (Å²) in [6, 6.07) is 9.66. The molecule has 2 aromatic rings. The van der Waals surface area contributed by atoms with Crippen molar-refractivity contribution in [2.24, 2.45) is 0 Å². The molecule has 2 aromatic carbocycles. The van der Waals surface area contributed by atoms with E-state index in [4.69, 9.17) is 9.84 Å². The summed E-state index contributed by atoms with van der Waals surface area (Å²) in [5.41, 5.74) is 0.620. The molecular weight excluding hydrogens is 292 g/mol. The van der Waals surface area contributed by atoms with Gasteiger partial charge in [-0.3, -0.25) is 4.79 Å². The van der Waals surface area contributed by atoms with E-state index in [0.717, 1.165) is 11.6 Å². The second-order valence-electron chi connectivity index (χ2n) is 4.54. The Labute approximate surface area is 126 Å². The van der Waals surface area contributed by atoms with Gasteiger partial charge >= 0.3 is 0 Å². The van der Waals surface area contributed by atoms with Crippen molar-refractivity contribution < 1.29 is 23.4 Å². The van der Waals surface area contributed by atoms with E-state index in [2.05, 4.69) is 5.32 Å². The van der Waals surface area contributed by atoms with Crippen molar-refractivity contribution in [3.8, 4) is 5.75 Å². The molecule has 2 rings (SSSR count). The van der Waals surface area contributed by atoms with Crippen molar-refractivity contribution in [3.63, 3.8) is 0 Å². The van der Waals surface area contributed by atoms with E-state index in [1.807, 2.05) is 0 Å². The summed E-state index contributed by atoms with van der Waals surface area (Å²) in [5, 5.41) is 11.0. The monoisotopic (exact) mass is 307 g/mol. The average molecular weight is 307 g/mol.